The first-order chi connectivity index (χ1) is 12.3. The third-order valence-corrected chi connectivity index (χ3v) is 4.52. The smallest absolute Gasteiger partial charge is 0.163 e. The number of benzene rings is 3. The van der Waals surface area contributed by atoms with Crippen LogP contribution in [0.3, 0.4) is 0 Å². The summed E-state index contributed by atoms with van der Waals surface area (Å²) in [5.74, 6) is 0.202. The lowest BCUT2D eigenvalue weighted by Gasteiger charge is -2.06. The molecule has 0 atom stereocenters. The highest BCUT2D eigenvalue weighted by Crippen LogP contribution is 2.21. The van der Waals surface area contributed by atoms with E-state index in [1.54, 1.807) is 0 Å². The van der Waals surface area contributed by atoms with Gasteiger partial charge in [0.1, 0.15) is 0 Å². The molecule has 25 heavy (non-hydrogen) atoms. The van der Waals surface area contributed by atoms with E-state index in [1.165, 1.54) is 23.1 Å². The molecule has 0 radical (unpaired) electrons. The molecule has 0 saturated heterocycles. The van der Waals surface area contributed by atoms with Crippen molar-refractivity contribution in [1.82, 2.24) is 0 Å². The maximum Gasteiger partial charge on any atom is 0.163 e. The number of hydrogen-bond donors (Lipinski definition) is 0. The molecule has 0 saturated carbocycles. The van der Waals surface area contributed by atoms with E-state index in [2.05, 4.69) is 43.3 Å². The van der Waals surface area contributed by atoms with Gasteiger partial charge in [-0.05, 0) is 35.1 Å². The van der Waals surface area contributed by atoms with Gasteiger partial charge in [0, 0.05) is 12.0 Å². The number of carbonyl (C=O) groups excluding carboxylic acids is 1. The van der Waals surface area contributed by atoms with E-state index in [0.717, 1.165) is 24.0 Å². The van der Waals surface area contributed by atoms with Gasteiger partial charge in [-0.2, -0.15) is 0 Å². The Morgan fingerprint density at radius 3 is 1.84 bits per heavy atom. The highest BCUT2D eigenvalue weighted by atomic mass is 16.1. The van der Waals surface area contributed by atoms with Crippen molar-refractivity contribution in [2.45, 2.75) is 32.6 Å². The van der Waals surface area contributed by atoms with Crippen LogP contribution in [0.2, 0.25) is 0 Å². The van der Waals surface area contributed by atoms with E-state index < -0.39 is 0 Å². The van der Waals surface area contributed by atoms with E-state index in [1.807, 2.05) is 42.5 Å². The molecule has 3 aromatic rings. The Morgan fingerprint density at radius 2 is 1.24 bits per heavy atom. The molecule has 0 N–H and O–H groups in total. The van der Waals surface area contributed by atoms with Crippen molar-refractivity contribution in [1.29, 1.82) is 0 Å². The molecule has 0 aromatic heterocycles. The third-order valence-electron chi connectivity index (χ3n) is 4.52. The molecule has 0 heterocycles. The van der Waals surface area contributed by atoms with Crippen LogP contribution in [0.4, 0.5) is 0 Å². The first-order valence-electron chi connectivity index (χ1n) is 9.03. The molecule has 0 aliphatic rings. The Hall–Kier alpha value is -2.67. The molecule has 0 unspecified atom stereocenters. The largest absolute Gasteiger partial charge is 0.294 e. The van der Waals surface area contributed by atoms with Crippen molar-refractivity contribution >= 4 is 5.78 Å². The van der Waals surface area contributed by atoms with E-state index in [9.17, 15) is 4.79 Å². The number of ketones is 1. The third kappa shape index (κ3) is 4.67. The van der Waals surface area contributed by atoms with Gasteiger partial charge in [0.25, 0.3) is 0 Å². The van der Waals surface area contributed by atoms with E-state index in [0.29, 0.717) is 6.42 Å². The maximum absolute atomic E-state index is 12.4. The molecule has 0 aliphatic carbocycles. The van der Waals surface area contributed by atoms with Crippen LogP contribution >= 0.6 is 0 Å². The summed E-state index contributed by atoms with van der Waals surface area (Å²) in [5.41, 5.74) is 5.73. The van der Waals surface area contributed by atoms with Gasteiger partial charge in [-0.3, -0.25) is 4.79 Å². The van der Waals surface area contributed by atoms with Crippen molar-refractivity contribution in [3.63, 3.8) is 0 Å². The summed E-state index contributed by atoms with van der Waals surface area (Å²) in [6, 6.07) is 26.9. The molecule has 0 aliphatic heterocycles. The summed E-state index contributed by atoms with van der Waals surface area (Å²) in [6.45, 7) is 2.20. The molecule has 3 aromatic carbocycles. The number of Topliss-reactive ketones (excluding diaryl/α,β-unsaturated/α-hetero) is 1. The predicted molar refractivity (Wildman–Crippen MR) is 105 cm³/mol. The Balaban J connectivity index is 1.64. The minimum Gasteiger partial charge on any atom is -0.294 e. The van der Waals surface area contributed by atoms with Gasteiger partial charge >= 0.3 is 0 Å². The fourth-order valence-electron chi connectivity index (χ4n) is 3.05. The second-order valence-electron chi connectivity index (χ2n) is 6.43. The SMILES string of the molecule is CCCc1ccc(-c2ccc(C(=O)CCc3ccccc3)cc2)cc1. The first-order valence-corrected chi connectivity index (χ1v) is 9.03. The summed E-state index contributed by atoms with van der Waals surface area (Å²) in [7, 11) is 0. The summed E-state index contributed by atoms with van der Waals surface area (Å²) in [6.07, 6.45) is 3.63. The van der Waals surface area contributed by atoms with Crippen LogP contribution in [0, 0.1) is 0 Å². The number of aryl methyl sites for hydroxylation is 2. The van der Waals surface area contributed by atoms with Crippen molar-refractivity contribution < 1.29 is 4.79 Å². The molecule has 126 valence electrons. The standard InChI is InChI=1S/C24H24O/c1-2-6-19-9-12-21(13-10-19)22-14-16-23(17-15-22)24(25)18-11-20-7-4-3-5-8-20/h3-5,7-10,12-17H,2,6,11,18H2,1H3. The molecular formula is C24H24O. The monoisotopic (exact) mass is 328 g/mol. The lowest BCUT2D eigenvalue weighted by atomic mass is 9.98. The van der Waals surface area contributed by atoms with Crippen molar-refractivity contribution in [3.05, 3.63) is 95.6 Å². The Labute approximate surface area is 150 Å². The summed E-state index contributed by atoms with van der Waals surface area (Å²) in [4.78, 5) is 12.4. The van der Waals surface area contributed by atoms with E-state index in [4.69, 9.17) is 0 Å². The predicted octanol–water partition coefficient (Wildman–Crippen LogP) is 6.12. The maximum atomic E-state index is 12.4. The van der Waals surface area contributed by atoms with Crippen molar-refractivity contribution in [2.24, 2.45) is 0 Å². The molecule has 3 rings (SSSR count). The van der Waals surface area contributed by atoms with Crippen LogP contribution < -0.4 is 0 Å². The van der Waals surface area contributed by atoms with Crippen molar-refractivity contribution in [3.8, 4) is 11.1 Å². The summed E-state index contributed by atoms with van der Waals surface area (Å²) >= 11 is 0. The van der Waals surface area contributed by atoms with Crippen LogP contribution in [-0.2, 0) is 12.8 Å². The number of hydrogen-bond acceptors (Lipinski definition) is 1. The van der Waals surface area contributed by atoms with Crippen LogP contribution in [0.5, 0.6) is 0 Å². The number of rotatable bonds is 7. The van der Waals surface area contributed by atoms with Gasteiger partial charge < -0.3 is 0 Å². The normalized spacial score (nSPS) is 10.6. The first kappa shape index (κ1) is 17.2. The minimum atomic E-state index is 0.202. The van der Waals surface area contributed by atoms with Crippen LogP contribution in [-0.4, -0.2) is 5.78 Å². The Kier molecular flexibility index (Phi) is 5.79. The second kappa shape index (κ2) is 8.43. The lowest BCUT2D eigenvalue weighted by Crippen LogP contribution is -2.01. The van der Waals surface area contributed by atoms with Crippen molar-refractivity contribution in [2.75, 3.05) is 0 Å². The molecule has 1 heteroatoms. The zero-order valence-electron chi connectivity index (χ0n) is 14.7. The highest BCUT2D eigenvalue weighted by molar-refractivity contribution is 5.96. The van der Waals surface area contributed by atoms with Crippen LogP contribution in [0.15, 0.2) is 78.9 Å². The van der Waals surface area contributed by atoms with Crippen LogP contribution in [0.25, 0.3) is 11.1 Å². The fourth-order valence-corrected chi connectivity index (χ4v) is 3.05. The van der Waals surface area contributed by atoms with Gasteiger partial charge in [-0.25, -0.2) is 0 Å². The Morgan fingerprint density at radius 1 is 0.680 bits per heavy atom. The zero-order valence-corrected chi connectivity index (χ0v) is 14.7. The molecular weight excluding hydrogens is 304 g/mol. The molecule has 0 fully saturated rings. The molecule has 0 spiro atoms. The van der Waals surface area contributed by atoms with Gasteiger partial charge in [0.15, 0.2) is 5.78 Å². The fraction of sp³-hybridized carbons (Fsp3) is 0.208. The molecule has 0 bridgehead atoms. The Bertz CT molecular complexity index is 799. The zero-order chi connectivity index (χ0) is 17.5. The quantitative estimate of drug-likeness (QED) is 0.477. The van der Waals surface area contributed by atoms with E-state index >= 15 is 0 Å². The minimum absolute atomic E-state index is 0.202. The summed E-state index contributed by atoms with van der Waals surface area (Å²) in [5, 5.41) is 0. The topological polar surface area (TPSA) is 17.1 Å². The average Bonchev–Trinajstić information content (AvgIpc) is 2.68. The van der Waals surface area contributed by atoms with Gasteiger partial charge in [0.2, 0.25) is 0 Å². The van der Waals surface area contributed by atoms with Gasteiger partial charge in [0.05, 0.1) is 0 Å². The molecule has 0 amide bonds. The van der Waals surface area contributed by atoms with E-state index in [-0.39, 0.29) is 5.78 Å². The van der Waals surface area contributed by atoms with Gasteiger partial charge in [-0.15, -0.1) is 0 Å². The molecule has 1 nitrogen and oxygen atoms in total. The lowest BCUT2D eigenvalue weighted by molar-refractivity contribution is 0.0983. The second-order valence-corrected chi connectivity index (χ2v) is 6.43. The average molecular weight is 328 g/mol. The summed E-state index contributed by atoms with van der Waals surface area (Å²) < 4.78 is 0. The van der Waals surface area contributed by atoms with Gasteiger partial charge in [-0.1, -0.05) is 92.2 Å². The highest BCUT2D eigenvalue weighted by Gasteiger charge is 2.07. The number of carbonyl (C=O) groups is 1. The van der Waals surface area contributed by atoms with Crippen LogP contribution in [0.1, 0.15) is 41.3 Å².